The van der Waals surface area contributed by atoms with Crippen molar-refractivity contribution in [1.82, 2.24) is 10.6 Å². The lowest BCUT2D eigenvalue weighted by molar-refractivity contribution is 0.807. The van der Waals surface area contributed by atoms with Gasteiger partial charge in [-0.25, -0.2) is 0 Å². The van der Waals surface area contributed by atoms with Gasteiger partial charge >= 0.3 is 0 Å². The van der Waals surface area contributed by atoms with E-state index in [0.717, 1.165) is 19.8 Å². The highest BCUT2D eigenvalue weighted by atomic mass is 16.0. The molecule has 1 saturated heterocycles. The second kappa shape index (κ2) is 3.08. The van der Waals surface area contributed by atoms with Crippen LogP contribution in [0.5, 0.6) is 0 Å². The molecule has 4 N–H and O–H groups in total. The van der Waals surface area contributed by atoms with E-state index in [1.54, 1.807) is 0 Å². The summed E-state index contributed by atoms with van der Waals surface area (Å²) < 4.78 is 0. The van der Waals surface area contributed by atoms with Crippen LogP contribution in [0.15, 0.2) is 0 Å². The summed E-state index contributed by atoms with van der Waals surface area (Å²) in [6, 6.07) is 0. The Labute approximate surface area is 37.0 Å². The Bertz CT molecular complexity index is 20.4. The summed E-state index contributed by atoms with van der Waals surface area (Å²) in [6.07, 6.45) is 0. The van der Waals surface area contributed by atoms with Gasteiger partial charge in [0.1, 0.15) is 0 Å². The zero-order chi connectivity index (χ0) is 3.54. The van der Waals surface area contributed by atoms with Crippen molar-refractivity contribution in [2.45, 2.75) is 0 Å². The van der Waals surface area contributed by atoms with Crippen LogP contribution in [0.4, 0.5) is 0 Å². The average molecular weight is 90.1 g/mol. The van der Waals surface area contributed by atoms with E-state index >= 15 is 0 Å². The number of hydrogen-bond donors (Lipinski definition) is 2. The van der Waals surface area contributed by atoms with E-state index in [1.807, 2.05) is 0 Å². The first-order valence-electron chi connectivity index (χ1n) is 1.91. The first-order valence-corrected chi connectivity index (χ1v) is 1.91. The van der Waals surface area contributed by atoms with Gasteiger partial charge in [-0.3, -0.25) is 0 Å². The van der Waals surface area contributed by atoms with E-state index in [0.29, 0.717) is 0 Å². The molecule has 1 aliphatic heterocycles. The molecule has 3 nitrogen and oxygen atoms in total. The molecule has 0 aromatic heterocycles. The third-order valence-electron chi connectivity index (χ3n) is 0.729. The molecule has 38 valence electrons. The molecule has 0 spiro atoms. The Balaban J connectivity index is 0.000000250. The van der Waals surface area contributed by atoms with Crippen LogP contribution in [-0.4, -0.2) is 25.2 Å². The summed E-state index contributed by atoms with van der Waals surface area (Å²) in [6.45, 7) is 3.28. The summed E-state index contributed by atoms with van der Waals surface area (Å²) in [7, 11) is 0. The minimum absolute atomic E-state index is 0. The van der Waals surface area contributed by atoms with Crippen LogP contribution in [0.3, 0.4) is 0 Å². The zero-order valence-corrected chi connectivity index (χ0v) is 3.62. The standard InChI is InChI=1S/C3H8N2.H2O/c1-2-5-3-4-1;/h4-5H,1-3H2;1H2. The van der Waals surface area contributed by atoms with Crippen molar-refractivity contribution in [3.8, 4) is 0 Å². The minimum atomic E-state index is 0. The fourth-order valence-corrected chi connectivity index (χ4v) is 0.442. The molecule has 1 aliphatic rings. The second-order valence-corrected chi connectivity index (χ2v) is 1.18. The Morgan fingerprint density at radius 1 is 1.00 bits per heavy atom. The Morgan fingerprint density at radius 3 is 1.67 bits per heavy atom. The topological polar surface area (TPSA) is 55.6 Å². The van der Waals surface area contributed by atoms with Crippen LogP contribution in [0, 0.1) is 0 Å². The Hall–Kier alpha value is -0.120. The van der Waals surface area contributed by atoms with Gasteiger partial charge in [-0.15, -0.1) is 0 Å². The Morgan fingerprint density at radius 2 is 1.50 bits per heavy atom. The molecule has 0 radical (unpaired) electrons. The maximum Gasteiger partial charge on any atom is 0.0455 e. The lowest BCUT2D eigenvalue weighted by Gasteiger charge is -1.77. The molecule has 1 rings (SSSR count). The zero-order valence-electron chi connectivity index (χ0n) is 3.62. The van der Waals surface area contributed by atoms with E-state index in [1.165, 1.54) is 0 Å². The summed E-state index contributed by atoms with van der Waals surface area (Å²) in [5.41, 5.74) is 0. The van der Waals surface area contributed by atoms with Gasteiger partial charge in [0.05, 0.1) is 0 Å². The number of hydrogen-bond acceptors (Lipinski definition) is 2. The fourth-order valence-electron chi connectivity index (χ4n) is 0.442. The van der Waals surface area contributed by atoms with Gasteiger partial charge in [0.25, 0.3) is 0 Å². The van der Waals surface area contributed by atoms with Gasteiger partial charge in [-0.2, -0.15) is 0 Å². The van der Waals surface area contributed by atoms with Gasteiger partial charge in [0, 0.05) is 19.8 Å². The van der Waals surface area contributed by atoms with Crippen molar-refractivity contribution in [2.24, 2.45) is 0 Å². The summed E-state index contributed by atoms with van der Waals surface area (Å²) >= 11 is 0. The highest BCUT2D eigenvalue weighted by molar-refractivity contribution is 4.55. The van der Waals surface area contributed by atoms with E-state index in [4.69, 9.17) is 0 Å². The van der Waals surface area contributed by atoms with Crippen molar-refractivity contribution in [2.75, 3.05) is 19.8 Å². The molecule has 0 bridgehead atoms. The van der Waals surface area contributed by atoms with Crippen LogP contribution in [-0.2, 0) is 0 Å². The lowest BCUT2D eigenvalue weighted by atomic mass is 10.7. The summed E-state index contributed by atoms with van der Waals surface area (Å²) in [5, 5.41) is 6.22. The van der Waals surface area contributed by atoms with Crippen molar-refractivity contribution in [3.05, 3.63) is 0 Å². The summed E-state index contributed by atoms with van der Waals surface area (Å²) in [5.74, 6) is 0. The largest absolute Gasteiger partial charge is 0.412 e. The van der Waals surface area contributed by atoms with Gasteiger partial charge in [-0.05, 0) is 0 Å². The van der Waals surface area contributed by atoms with Crippen LogP contribution in [0.1, 0.15) is 0 Å². The van der Waals surface area contributed by atoms with Crippen molar-refractivity contribution in [3.63, 3.8) is 0 Å². The Kier molecular flexibility index (Phi) is 3.02. The predicted octanol–water partition coefficient (Wildman–Crippen LogP) is -1.69. The SMILES string of the molecule is C1CNCN1.O. The van der Waals surface area contributed by atoms with Gasteiger partial charge < -0.3 is 16.1 Å². The van der Waals surface area contributed by atoms with Gasteiger partial charge in [-0.1, -0.05) is 0 Å². The first kappa shape index (κ1) is 5.88. The number of nitrogens with one attached hydrogen (secondary N) is 2. The van der Waals surface area contributed by atoms with Crippen molar-refractivity contribution >= 4 is 0 Å². The molecule has 1 heterocycles. The van der Waals surface area contributed by atoms with Crippen LogP contribution < -0.4 is 10.6 Å². The third kappa shape index (κ3) is 1.35. The second-order valence-electron chi connectivity index (χ2n) is 1.18. The maximum absolute atomic E-state index is 3.11. The molecular formula is C3H10N2O. The minimum Gasteiger partial charge on any atom is -0.412 e. The molecule has 3 heteroatoms. The monoisotopic (exact) mass is 90.1 g/mol. The van der Waals surface area contributed by atoms with E-state index in [2.05, 4.69) is 10.6 Å². The molecule has 0 atom stereocenters. The van der Waals surface area contributed by atoms with Crippen molar-refractivity contribution in [1.29, 1.82) is 0 Å². The average Bonchev–Trinajstić information content (AvgIpc) is 1.76. The van der Waals surface area contributed by atoms with Crippen LogP contribution in [0.2, 0.25) is 0 Å². The summed E-state index contributed by atoms with van der Waals surface area (Å²) in [4.78, 5) is 0. The van der Waals surface area contributed by atoms with Crippen LogP contribution >= 0.6 is 0 Å². The van der Waals surface area contributed by atoms with E-state index in [-0.39, 0.29) is 5.48 Å². The lowest BCUT2D eigenvalue weighted by Crippen LogP contribution is -2.11. The molecule has 0 amide bonds. The van der Waals surface area contributed by atoms with Gasteiger partial charge in [0.2, 0.25) is 0 Å². The first-order chi connectivity index (χ1) is 2.50. The quantitative estimate of drug-likeness (QED) is 0.373. The van der Waals surface area contributed by atoms with Crippen LogP contribution in [0.25, 0.3) is 0 Å². The molecular weight excluding hydrogens is 80.0 g/mol. The smallest absolute Gasteiger partial charge is 0.0455 e. The fraction of sp³-hybridized carbons (Fsp3) is 1.00. The molecule has 0 aromatic rings. The molecule has 0 aliphatic carbocycles. The normalized spacial score (nSPS) is 20.0. The highest BCUT2D eigenvalue weighted by Gasteiger charge is 1.90. The third-order valence-corrected chi connectivity index (χ3v) is 0.729. The molecule has 6 heavy (non-hydrogen) atoms. The molecule has 0 saturated carbocycles. The van der Waals surface area contributed by atoms with Crippen molar-refractivity contribution < 1.29 is 5.48 Å². The van der Waals surface area contributed by atoms with Gasteiger partial charge in [0.15, 0.2) is 0 Å². The predicted molar refractivity (Wildman–Crippen MR) is 24.5 cm³/mol. The molecule has 1 fully saturated rings. The number of rotatable bonds is 0. The molecule has 0 unspecified atom stereocenters. The molecule has 0 aromatic carbocycles. The van der Waals surface area contributed by atoms with E-state index < -0.39 is 0 Å². The highest BCUT2D eigenvalue weighted by Crippen LogP contribution is 1.62. The van der Waals surface area contributed by atoms with E-state index in [9.17, 15) is 0 Å². The maximum atomic E-state index is 3.11.